The molecule has 2 fully saturated rings. The lowest BCUT2D eigenvalue weighted by Gasteiger charge is -2.34. The van der Waals surface area contributed by atoms with Gasteiger partial charge in [-0.2, -0.15) is 0 Å². The van der Waals surface area contributed by atoms with Crippen LogP contribution >= 0.6 is 11.3 Å². The highest BCUT2D eigenvalue weighted by atomic mass is 32.2. The summed E-state index contributed by atoms with van der Waals surface area (Å²) in [5.74, 6) is 0.472. The predicted octanol–water partition coefficient (Wildman–Crippen LogP) is 3.17. The van der Waals surface area contributed by atoms with E-state index in [1.54, 1.807) is 17.5 Å². The molecule has 1 aliphatic carbocycles. The van der Waals surface area contributed by atoms with Crippen molar-refractivity contribution in [2.45, 2.75) is 61.6 Å². The van der Waals surface area contributed by atoms with E-state index in [0.717, 1.165) is 45.2 Å². The molecule has 1 saturated heterocycles. The lowest BCUT2D eigenvalue weighted by atomic mass is 9.93. The summed E-state index contributed by atoms with van der Waals surface area (Å²) < 4.78 is 27.3. The highest BCUT2D eigenvalue weighted by Gasteiger charge is 2.25. The number of hydrogen-bond donors (Lipinski definition) is 2. The zero-order valence-electron chi connectivity index (χ0n) is 15.2. The van der Waals surface area contributed by atoms with Crippen molar-refractivity contribution in [3.8, 4) is 0 Å². The molecule has 26 heavy (non-hydrogen) atoms. The van der Waals surface area contributed by atoms with E-state index in [0.29, 0.717) is 22.7 Å². The fraction of sp³-hybridized carbons (Fsp3) is 0.722. The van der Waals surface area contributed by atoms with Gasteiger partial charge >= 0.3 is 6.03 Å². The van der Waals surface area contributed by atoms with Crippen LogP contribution in [-0.2, 0) is 10.0 Å². The minimum atomic E-state index is -3.36. The van der Waals surface area contributed by atoms with Crippen LogP contribution in [0.15, 0.2) is 21.7 Å². The monoisotopic (exact) mass is 399 g/mol. The first-order chi connectivity index (χ1) is 12.5. The summed E-state index contributed by atoms with van der Waals surface area (Å²) in [5, 5.41) is 4.95. The number of sulfonamides is 1. The number of likely N-dealkylation sites (tertiary alicyclic amines) is 1. The van der Waals surface area contributed by atoms with Gasteiger partial charge in [-0.1, -0.05) is 25.3 Å². The minimum absolute atomic E-state index is 0.0775. The number of nitrogens with zero attached hydrogens (tertiary/aromatic N) is 1. The summed E-state index contributed by atoms with van der Waals surface area (Å²) >= 11 is 1.23. The number of piperidine rings is 1. The number of nitrogens with one attached hydrogen (secondary N) is 2. The van der Waals surface area contributed by atoms with Crippen LogP contribution in [0.3, 0.4) is 0 Å². The van der Waals surface area contributed by atoms with Gasteiger partial charge < -0.3 is 10.2 Å². The molecule has 146 valence electrons. The Labute approximate surface area is 160 Å². The van der Waals surface area contributed by atoms with Crippen LogP contribution in [0.1, 0.15) is 51.4 Å². The van der Waals surface area contributed by atoms with Gasteiger partial charge in [0.05, 0.1) is 0 Å². The number of amides is 2. The molecule has 1 saturated carbocycles. The smallest absolute Gasteiger partial charge is 0.317 e. The molecule has 0 spiro atoms. The van der Waals surface area contributed by atoms with Gasteiger partial charge in [0.25, 0.3) is 0 Å². The van der Waals surface area contributed by atoms with Crippen molar-refractivity contribution in [1.29, 1.82) is 0 Å². The van der Waals surface area contributed by atoms with Gasteiger partial charge in [-0.3, -0.25) is 0 Å². The van der Waals surface area contributed by atoms with E-state index < -0.39 is 10.0 Å². The molecule has 1 aliphatic heterocycles. The molecular formula is C18H29N3O3S2. The van der Waals surface area contributed by atoms with Crippen LogP contribution in [0.2, 0.25) is 0 Å². The Morgan fingerprint density at radius 3 is 2.54 bits per heavy atom. The van der Waals surface area contributed by atoms with E-state index >= 15 is 0 Å². The van der Waals surface area contributed by atoms with Crippen molar-refractivity contribution in [1.82, 2.24) is 14.9 Å². The topological polar surface area (TPSA) is 78.5 Å². The minimum Gasteiger partial charge on any atom is -0.335 e. The van der Waals surface area contributed by atoms with Crippen LogP contribution < -0.4 is 10.0 Å². The Hall–Kier alpha value is -1.12. The van der Waals surface area contributed by atoms with Crippen molar-refractivity contribution in [3.05, 3.63) is 17.5 Å². The highest BCUT2D eigenvalue weighted by molar-refractivity contribution is 7.91. The molecule has 2 heterocycles. The van der Waals surface area contributed by atoms with Crippen molar-refractivity contribution in [3.63, 3.8) is 0 Å². The quantitative estimate of drug-likeness (QED) is 0.771. The van der Waals surface area contributed by atoms with Crippen LogP contribution in [-0.4, -0.2) is 45.0 Å². The maximum absolute atomic E-state index is 12.4. The lowest BCUT2D eigenvalue weighted by Crippen LogP contribution is -2.48. The van der Waals surface area contributed by atoms with Crippen LogP contribution in [0.5, 0.6) is 0 Å². The summed E-state index contributed by atoms with van der Waals surface area (Å²) in [6.07, 6.45) is 8.64. The number of carbonyl (C=O) groups is 1. The number of rotatable bonds is 6. The van der Waals surface area contributed by atoms with Crippen molar-refractivity contribution < 1.29 is 13.2 Å². The molecule has 8 heteroatoms. The Bertz CT molecular complexity index is 662. The van der Waals surface area contributed by atoms with Crippen LogP contribution in [0, 0.1) is 5.92 Å². The normalized spacial score (nSPS) is 20.2. The van der Waals surface area contributed by atoms with Gasteiger partial charge in [0.15, 0.2) is 0 Å². The molecule has 1 aromatic rings. The van der Waals surface area contributed by atoms with Crippen molar-refractivity contribution >= 4 is 27.4 Å². The molecule has 2 aliphatic rings. The third-order valence-electron chi connectivity index (χ3n) is 5.44. The van der Waals surface area contributed by atoms with Crippen molar-refractivity contribution in [2.75, 3.05) is 19.6 Å². The number of carbonyl (C=O) groups excluding carboxylic acids is 1. The second-order valence-corrected chi connectivity index (χ2v) is 10.3. The fourth-order valence-electron chi connectivity index (χ4n) is 3.82. The van der Waals surface area contributed by atoms with Gasteiger partial charge in [0.1, 0.15) is 4.21 Å². The average Bonchev–Trinajstić information content (AvgIpc) is 3.19. The van der Waals surface area contributed by atoms with Gasteiger partial charge in [-0.15, -0.1) is 11.3 Å². The second-order valence-electron chi connectivity index (χ2n) is 7.33. The first-order valence-electron chi connectivity index (χ1n) is 9.63. The van der Waals surface area contributed by atoms with Gasteiger partial charge in [-0.25, -0.2) is 17.9 Å². The Morgan fingerprint density at radius 2 is 1.88 bits per heavy atom. The molecule has 6 nitrogen and oxygen atoms in total. The largest absolute Gasteiger partial charge is 0.335 e. The average molecular weight is 400 g/mol. The summed E-state index contributed by atoms with van der Waals surface area (Å²) in [6.45, 7) is 1.99. The summed E-state index contributed by atoms with van der Waals surface area (Å²) in [5.41, 5.74) is 0. The van der Waals surface area contributed by atoms with Gasteiger partial charge in [0, 0.05) is 25.7 Å². The molecular weight excluding hydrogens is 370 g/mol. The zero-order valence-corrected chi connectivity index (χ0v) is 16.8. The first-order valence-corrected chi connectivity index (χ1v) is 12.0. The number of urea groups is 1. The molecule has 3 rings (SSSR count). The summed E-state index contributed by atoms with van der Waals surface area (Å²) in [7, 11) is -3.36. The SMILES string of the molecule is O=C(NC1CCCCC1)N1CCC(CCNS(=O)(=O)c2cccs2)CC1. The van der Waals surface area contributed by atoms with Crippen LogP contribution in [0.25, 0.3) is 0 Å². The Morgan fingerprint density at radius 1 is 1.15 bits per heavy atom. The number of thiophene rings is 1. The van der Waals surface area contributed by atoms with E-state index in [9.17, 15) is 13.2 Å². The maximum atomic E-state index is 12.4. The van der Waals surface area contributed by atoms with E-state index in [4.69, 9.17) is 0 Å². The molecule has 0 bridgehead atoms. The van der Waals surface area contributed by atoms with Gasteiger partial charge in [0.2, 0.25) is 10.0 Å². The second kappa shape index (κ2) is 9.19. The molecule has 0 unspecified atom stereocenters. The molecule has 0 radical (unpaired) electrons. The number of hydrogen-bond acceptors (Lipinski definition) is 4. The van der Waals surface area contributed by atoms with E-state index in [-0.39, 0.29) is 6.03 Å². The van der Waals surface area contributed by atoms with Gasteiger partial charge in [-0.05, 0) is 49.5 Å². The van der Waals surface area contributed by atoms with Crippen molar-refractivity contribution in [2.24, 2.45) is 5.92 Å². The molecule has 0 atom stereocenters. The van der Waals surface area contributed by atoms with E-state index in [2.05, 4.69) is 10.0 Å². The summed E-state index contributed by atoms with van der Waals surface area (Å²) in [6, 6.07) is 3.79. The third kappa shape index (κ3) is 5.44. The maximum Gasteiger partial charge on any atom is 0.317 e. The lowest BCUT2D eigenvalue weighted by molar-refractivity contribution is 0.162. The molecule has 1 aromatic heterocycles. The van der Waals surface area contributed by atoms with E-state index in [1.807, 2.05) is 4.90 Å². The Balaban J connectivity index is 1.35. The molecule has 2 amide bonds. The molecule has 2 N–H and O–H groups in total. The zero-order chi connectivity index (χ0) is 18.4. The third-order valence-corrected chi connectivity index (χ3v) is 8.30. The van der Waals surface area contributed by atoms with Crippen LogP contribution in [0.4, 0.5) is 4.79 Å². The highest BCUT2D eigenvalue weighted by Crippen LogP contribution is 2.22. The predicted molar refractivity (Wildman–Crippen MR) is 104 cm³/mol. The Kier molecular flexibility index (Phi) is 6.94. The fourth-order valence-corrected chi connectivity index (χ4v) is 5.91. The van der Waals surface area contributed by atoms with E-state index in [1.165, 1.54) is 30.6 Å². The standard InChI is InChI=1S/C18H29N3O3S2/c22-18(20-16-5-2-1-3-6-16)21-12-9-15(10-13-21)8-11-19-26(23,24)17-7-4-14-25-17/h4,7,14-16,19H,1-3,5-6,8-13H2,(H,20,22). The summed E-state index contributed by atoms with van der Waals surface area (Å²) in [4.78, 5) is 14.3. The first kappa shape index (κ1) is 19.6. The molecule has 0 aromatic carbocycles.